The predicted octanol–water partition coefficient (Wildman–Crippen LogP) is 4.12. The Hall–Kier alpha value is -1.40. The Kier molecular flexibility index (Phi) is 6.36. The summed E-state index contributed by atoms with van der Waals surface area (Å²) in [7, 11) is 0. The number of piperidine rings is 1. The molecule has 28 heavy (non-hydrogen) atoms. The summed E-state index contributed by atoms with van der Waals surface area (Å²) in [6.45, 7) is 9.50. The molecule has 0 amide bonds. The quantitative estimate of drug-likeness (QED) is 0.727. The van der Waals surface area contributed by atoms with Crippen LogP contribution in [0.5, 0.6) is 0 Å². The zero-order chi connectivity index (χ0) is 19.4. The smallest absolute Gasteiger partial charge is 0.0731 e. The number of fused-ring (bicyclic) bond motifs is 1. The molecule has 0 bridgehead atoms. The molecule has 1 atom stereocenters. The molecule has 2 saturated heterocycles. The third-order valence-corrected chi connectivity index (χ3v) is 6.13. The van der Waals surface area contributed by atoms with Crippen molar-refractivity contribution >= 4 is 10.9 Å². The maximum Gasteiger partial charge on any atom is 0.0731 e. The van der Waals surface area contributed by atoms with Gasteiger partial charge in [-0.3, -0.25) is 4.90 Å². The monoisotopic (exact) mass is 386 g/mol. The molecular weight excluding hydrogens is 352 g/mol. The van der Waals surface area contributed by atoms with E-state index in [4.69, 9.17) is 14.2 Å². The summed E-state index contributed by atoms with van der Waals surface area (Å²) >= 11 is 0. The highest BCUT2D eigenvalue weighted by Crippen LogP contribution is 2.36. The van der Waals surface area contributed by atoms with Crippen molar-refractivity contribution in [3.8, 4) is 0 Å². The van der Waals surface area contributed by atoms with Crippen molar-refractivity contribution < 1.29 is 14.2 Å². The summed E-state index contributed by atoms with van der Waals surface area (Å²) in [6.07, 6.45) is 6.81. The van der Waals surface area contributed by atoms with Gasteiger partial charge in [0.05, 0.1) is 31.0 Å². The number of likely N-dealkylation sites (tertiary alicyclic amines) is 1. The van der Waals surface area contributed by atoms with E-state index in [2.05, 4.69) is 48.0 Å². The van der Waals surface area contributed by atoms with E-state index < -0.39 is 0 Å². The van der Waals surface area contributed by atoms with Crippen LogP contribution in [0.4, 0.5) is 0 Å². The number of aromatic amines is 1. The van der Waals surface area contributed by atoms with Crippen molar-refractivity contribution in [3.05, 3.63) is 36.0 Å². The first-order valence-electron chi connectivity index (χ1n) is 10.8. The van der Waals surface area contributed by atoms with Gasteiger partial charge < -0.3 is 19.2 Å². The van der Waals surface area contributed by atoms with Crippen molar-refractivity contribution in [1.82, 2.24) is 9.88 Å². The molecule has 1 N–H and O–H groups in total. The molecule has 1 aromatic heterocycles. The van der Waals surface area contributed by atoms with E-state index in [1.165, 1.54) is 16.5 Å². The third kappa shape index (κ3) is 4.95. The fourth-order valence-corrected chi connectivity index (χ4v) is 4.54. The molecule has 4 rings (SSSR count). The molecule has 2 fully saturated rings. The summed E-state index contributed by atoms with van der Waals surface area (Å²) in [5.74, 6) is 0. The van der Waals surface area contributed by atoms with Gasteiger partial charge in [0.1, 0.15) is 0 Å². The Morgan fingerprint density at radius 2 is 2.07 bits per heavy atom. The minimum atomic E-state index is 0.0156. The minimum absolute atomic E-state index is 0.0156. The molecular formula is C23H34N2O3. The maximum atomic E-state index is 6.28. The number of rotatable bonds is 7. The van der Waals surface area contributed by atoms with Crippen LogP contribution in [0.1, 0.15) is 45.1 Å². The maximum absolute atomic E-state index is 6.28. The molecule has 1 aromatic carbocycles. The lowest BCUT2D eigenvalue weighted by Crippen LogP contribution is -2.50. The van der Waals surface area contributed by atoms with Crippen molar-refractivity contribution in [1.29, 1.82) is 0 Å². The largest absolute Gasteiger partial charge is 0.376 e. The van der Waals surface area contributed by atoms with Crippen LogP contribution in [0.25, 0.3) is 10.9 Å². The minimum Gasteiger partial charge on any atom is -0.376 e. The van der Waals surface area contributed by atoms with Gasteiger partial charge in [-0.1, -0.05) is 12.1 Å². The zero-order valence-electron chi connectivity index (χ0n) is 17.3. The van der Waals surface area contributed by atoms with Gasteiger partial charge in [0.25, 0.3) is 0 Å². The average Bonchev–Trinajstić information content (AvgIpc) is 3.15. The van der Waals surface area contributed by atoms with E-state index in [1.54, 1.807) is 0 Å². The summed E-state index contributed by atoms with van der Waals surface area (Å²) in [4.78, 5) is 5.87. The fourth-order valence-electron chi connectivity index (χ4n) is 4.54. The summed E-state index contributed by atoms with van der Waals surface area (Å²) in [6, 6.07) is 8.86. The van der Waals surface area contributed by atoms with Crippen molar-refractivity contribution in [2.75, 3.05) is 32.9 Å². The van der Waals surface area contributed by atoms with Crippen LogP contribution < -0.4 is 0 Å². The zero-order valence-corrected chi connectivity index (χ0v) is 17.3. The highest BCUT2D eigenvalue weighted by molar-refractivity contribution is 5.79. The van der Waals surface area contributed by atoms with Gasteiger partial charge in [0.15, 0.2) is 0 Å². The Labute approximate surface area is 168 Å². The number of hydrogen-bond donors (Lipinski definition) is 1. The first kappa shape index (κ1) is 19.9. The van der Waals surface area contributed by atoms with Crippen LogP contribution in [0.3, 0.4) is 0 Å². The van der Waals surface area contributed by atoms with Crippen molar-refractivity contribution in [2.45, 2.75) is 63.9 Å². The first-order chi connectivity index (χ1) is 13.6. The highest BCUT2D eigenvalue weighted by Gasteiger charge is 2.40. The predicted molar refractivity (Wildman–Crippen MR) is 112 cm³/mol. The third-order valence-electron chi connectivity index (χ3n) is 6.13. The topological polar surface area (TPSA) is 46.7 Å². The number of hydrogen-bond acceptors (Lipinski definition) is 4. The van der Waals surface area contributed by atoms with Gasteiger partial charge in [-0.15, -0.1) is 0 Å². The average molecular weight is 387 g/mol. The standard InChI is InChI=1S/C23H34N2O3/c1-18(2)26-13-14-27-21-6-12-28-23(16-21)7-10-25(11-8-23)17-19-3-4-20-5-9-24-22(20)15-19/h3-5,9,15,18,21,24H,6-8,10-14,16-17H2,1-2H3/t21-/m0/s1. The second kappa shape index (κ2) is 8.95. The molecule has 3 heterocycles. The molecule has 0 radical (unpaired) electrons. The number of ether oxygens (including phenoxy) is 3. The Bertz CT molecular complexity index is 749. The summed E-state index contributed by atoms with van der Waals surface area (Å²) < 4.78 is 18.0. The second-order valence-electron chi connectivity index (χ2n) is 8.61. The van der Waals surface area contributed by atoms with Crippen LogP contribution in [-0.4, -0.2) is 60.6 Å². The van der Waals surface area contributed by atoms with Gasteiger partial charge in [0, 0.05) is 44.4 Å². The molecule has 2 aliphatic heterocycles. The summed E-state index contributed by atoms with van der Waals surface area (Å²) in [5, 5.41) is 1.28. The molecule has 5 nitrogen and oxygen atoms in total. The van der Waals surface area contributed by atoms with Crippen LogP contribution in [0.15, 0.2) is 30.5 Å². The van der Waals surface area contributed by atoms with Gasteiger partial charge in [0.2, 0.25) is 0 Å². The number of nitrogens with zero attached hydrogens (tertiary/aromatic N) is 1. The molecule has 2 aromatic rings. The normalized spacial score (nSPS) is 23.0. The molecule has 0 aliphatic carbocycles. The van der Waals surface area contributed by atoms with E-state index in [-0.39, 0.29) is 11.7 Å². The number of benzene rings is 1. The molecule has 2 aliphatic rings. The van der Waals surface area contributed by atoms with E-state index in [0.717, 1.165) is 51.9 Å². The SMILES string of the molecule is CC(C)OCCO[C@H]1CCOC2(CCN(Cc3ccc4cc[nH]c4c3)CC2)C1. The van der Waals surface area contributed by atoms with Crippen LogP contribution >= 0.6 is 0 Å². The Balaban J connectivity index is 1.25. The number of nitrogens with one attached hydrogen (secondary N) is 1. The van der Waals surface area contributed by atoms with Gasteiger partial charge in [-0.2, -0.15) is 0 Å². The van der Waals surface area contributed by atoms with Crippen molar-refractivity contribution in [2.24, 2.45) is 0 Å². The fraction of sp³-hybridized carbons (Fsp3) is 0.652. The molecule has 154 valence electrons. The lowest BCUT2D eigenvalue weighted by atomic mass is 9.83. The highest BCUT2D eigenvalue weighted by atomic mass is 16.5. The van der Waals surface area contributed by atoms with Crippen molar-refractivity contribution in [3.63, 3.8) is 0 Å². The van der Waals surface area contributed by atoms with Crippen LogP contribution in [-0.2, 0) is 20.8 Å². The van der Waals surface area contributed by atoms with E-state index in [1.807, 2.05) is 6.20 Å². The summed E-state index contributed by atoms with van der Waals surface area (Å²) in [5.41, 5.74) is 2.62. The Morgan fingerprint density at radius 3 is 2.89 bits per heavy atom. The molecule has 0 saturated carbocycles. The van der Waals surface area contributed by atoms with Crippen LogP contribution in [0, 0.1) is 0 Å². The lowest BCUT2D eigenvalue weighted by molar-refractivity contribution is -0.159. The van der Waals surface area contributed by atoms with Gasteiger partial charge in [-0.05, 0) is 56.2 Å². The molecule has 1 spiro atoms. The molecule has 5 heteroatoms. The van der Waals surface area contributed by atoms with E-state index in [9.17, 15) is 0 Å². The van der Waals surface area contributed by atoms with Gasteiger partial charge in [-0.25, -0.2) is 0 Å². The Morgan fingerprint density at radius 1 is 1.21 bits per heavy atom. The molecule has 0 unspecified atom stereocenters. The van der Waals surface area contributed by atoms with E-state index in [0.29, 0.717) is 19.3 Å². The second-order valence-corrected chi connectivity index (χ2v) is 8.61. The van der Waals surface area contributed by atoms with Crippen LogP contribution in [0.2, 0.25) is 0 Å². The lowest BCUT2D eigenvalue weighted by Gasteiger charge is -2.46. The first-order valence-corrected chi connectivity index (χ1v) is 10.8. The number of aromatic nitrogens is 1. The van der Waals surface area contributed by atoms with Gasteiger partial charge >= 0.3 is 0 Å². The van der Waals surface area contributed by atoms with E-state index >= 15 is 0 Å². The number of H-pyrrole nitrogens is 1.